The fourth-order valence-corrected chi connectivity index (χ4v) is 3.69. The largest absolute Gasteiger partial charge is 0.489 e. The highest BCUT2D eigenvalue weighted by atomic mass is 35.5. The fourth-order valence-electron chi connectivity index (χ4n) is 3.40. The molecule has 2 aromatic heterocycles. The van der Waals surface area contributed by atoms with E-state index < -0.39 is 0 Å². The van der Waals surface area contributed by atoms with Crippen LogP contribution in [0.5, 0.6) is 11.5 Å². The van der Waals surface area contributed by atoms with Gasteiger partial charge in [0.2, 0.25) is 5.91 Å². The number of nitrogens with zero attached hydrogens (tertiary/aromatic N) is 3. The van der Waals surface area contributed by atoms with Crippen LogP contribution >= 0.6 is 11.6 Å². The smallest absolute Gasteiger partial charge is 0.225 e. The average molecular weight is 415 g/mol. The summed E-state index contributed by atoms with van der Waals surface area (Å²) in [6, 6.07) is 9.02. The van der Waals surface area contributed by atoms with E-state index >= 15 is 0 Å². The van der Waals surface area contributed by atoms with Gasteiger partial charge in [0.1, 0.15) is 0 Å². The average Bonchev–Trinajstić information content (AvgIpc) is 2.96. The summed E-state index contributed by atoms with van der Waals surface area (Å²) < 4.78 is 13.3. The van der Waals surface area contributed by atoms with Gasteiger partial charge in [-0.05, 0) is 35.7 Å². The number of carbonyl (C=O) groups is 1. The van der Waals surface area contributed by atoms with Gasteiger partial charge in [-0.2, -0.15) is 0 Å². The lowest BCUT2D eigenvalue weighted by Gasteiger charge is -2.21. The Labute approximate surface area is 174 Å². The molecular weight excluding hydrogens is 392 g/mol. The second-order valence-corrected chi connectivity index (χ2v) is 7.82. The molecule has 0 saturated carbocycles. The van der Waals surface area contributed by atoms with E-state index in [9.17, 15) is 4.79 Å². The zero-order valence-corrected chi connectivity index (χ0v) is 17.1. The predicted octanol–water partition coefficient (Wildman–Crippen LogP) is 3.60. The van der Waals surface area contributed by atoms with E-state index in [1.54, 1.807) is 6.07 Å². The molecule has 0 radical (unpaired) electrons. The summed E-state index contributed by atoms with van der Waals surface area (Å²) in [6.07, 6.45) is 2.87. The maximum absolute atomic E-state index is 12.8. The molecule has 0 saturated heterocycles. The van der Waals surface area contributed by atoms with Crippen molar-refractivity contribution in [2.75, 3.05) is 13.2 Å². The first-order valence-electron chi connectivity index (χ1n) is 9.70. The maximum Gasteiger partial charge on any atom is 0.225 e. The normalized spacial score (nSPS) is 14.6. The highest BCUT2D eigenvalue weighted by Crippen LogP contribution is 2.38. The summed E-state index contributed by atoms with van der Waals surface area (Å²) >= 11 is 6.35. The number of aromatic nitrogens is 3. The van der Waals surface area contributed by atoms with Crippen molar-refractivity contribution < 1.29 is 14.3 Å². The van der Waals surface area contributed by atoms with Crippen LogP contribution in [0.15, 0.2) is 36.5 Å². The Bertz CT molecular complexity index is 1030. The number of benzene rings is 1. The number of hydrogen-bond acceptors (Lipinski definition) is 5. The van der Waals surface area contributed by atoms with Gasteiger partial charge in [-0.3, -0.25) is 9.20 Å². The Balaban J connectivity index is 1.53. The summed E-state index contributed by atoms with van der Waals surface area (Å²) in [6.45, 7) is 5.21. The molecule has 29 heavy (non-hydrogen) atoms. The lowest BCUT2D eigenvalue weighted by Crippen LogP contribution is -2.34. The van der Waals surface area contributed by atoms with E-state index in [2.05, 4.69) is 15.5 Å². The summed E-state index contributed by atoms with van der Waals surface area (Å²) in [7, 11) is 0. The minimum atomic E-state index is -0.268. The number of carbonyl (C=O) groups excluding carboxylic acids is 1. The molecule has 152 valence electrons. The molecule has 1 aliphatic rings. The number of rotatable bonds is 5. The Morgan fingerprint density at radius 1 is 1.24 bits per heavy atom. The van der Waals surface area contributed by atoms with Crippen LogP contribution in [0, 0.1) is 5.92 Å². The summed E-state index contributed by atoms with van der Waals surface area (Å²) in [5.74, 6) is 1.85. The third kappa shape index (κ3) is 4.15. The minimum Gasteiger partial charge on any atom is -0.489 e. The summed E-state index contributed by atoms with van der Waals surface area (Å²) in [4.78, 5) is 12.8. The number of amides is 1. The molecule has 0 fully saturated rings. The first kappa shape index (κ1) is 19.5. The number of hydrogen-bond donors (Lipinski definition) is 1. The quantitative estimate of drug-likeness (QED) is 0.690. The second-order valence-electron chi connectivity index (χ2n) is 7.41. The van der Waals surface area contributed by atoms with E-state index in [-0.39, 0.29) is 24.3 Å². The zero-order chi connectivity index (χ0) is 20.4. The first-order chi connectivity index (χ1) is 14.0. The SMILES string of the molecule is CC(C)[C@@H](NC(=O)Cc1cc(Cl)c2c(c1)OCCCO2)c1nnc2ccccn12. The van der Waals surface area contributed by atoms with Gasteiger partial charge in [0.15, 0.2) is 23.0 Å². The van der Waals surface area contributed by atoms with Crippen molar-refractivity contribution in [1.82, 2.24) is 19.9 Å². The molecule has 3 heterocycles. The topological polar surface area (TPSA) is 77.8 Å². The van der Waals surface area contributed by atoms with Crippen molar-refractivity contribution in [3.8, 4) is 11.5 Å². The molecule has 3 aromatic rings. The molecule has 7 nitrogen and oxygen atoms in total. The third-order valence-corrected chi connectivity index (χ3v) is 5.11. The van der Waals surface area contributed by atoms with Gasteiger partial charge in [0, 0.05) is 12.6 Å². The Morgan fingerprint density at radius 3 is 2.90 bits per heavy atom. The zero-order valence-electron chi connectivity index (χ0n) is 16.4. The molecule has 1 atom stereocenters. The van der Waals surface area contributed by atoms with Crippen LogP contribution in [0.25, 0.3) is 5.65 Å². The van der Waals surface area contributed by atoms with Crippen molar-refractivity contribution in [2.24, 2.45) is 5.92 Å². The van der Waals surface area contributed by atoms with Crippen molar-refractivity contribution in [1.29, 1.82) is 0 Å². The minimum absolute atomic E-state index is 0.123. The lowest BCUT2D eigenvalue weighted by molar-refractivity contribution is -0.121. The van der Waals surface area contributed by atoms with Crippen LogP contribution in [0.2, 0.25) is 5.02 Å². The monoisotopic (exact) mass is 414 g/mol. The number of halogens is 1. The van der Waals surface area contributed by atoms with Crippen LogP contribution in [-0.2, 0) is 11.2 Å². The number of nitrogens with one attached hydrogen (secondary N) is 1. The molecule has 0 spiro atoms. The number of ether oxygens (including phenoxy) is 2. The first-order valence-corrected chi connectivity index (χ1v) is 10.1. The molecule has 1 aliphatic heterocycles. The van der Waals surface area contributed by atoms with Gasteiger partial charge < -0.3 is 14.8 Å². The highest BCUT2D eigenvalue weighted by molar-refractivity contribution is 6.32. The van der Waals surface area contributed by atoms with Crippen LogP contribution in [-0.4, -0.2) is 33.7 Å². The van der Waals surface area contributed by atoms with E-state index in [4.69, 9.17) is 21.1 Å². The molecule has 0 unspecified atom stereocenters. The Hall–Kier alpha value is -2.80. The fraction of sp³-hybridized carbons (Fsp3) is 0.381. The van der Waals surface area contributed by atoms with Gasteiger partial charge in [-0.25, -0.2) is 0 Å². The van der Waals surface area contributed by atoms with Gasteiger partial charge >= 0.3 is 0 Å². The Kier molecular flexibility index (Phi) is 5.58. The van der Waals surface area contributed by atoms with Gasteiger partial charge in [0.05, 0.1) is 30.7 Å². The lowest BCUT2D eigenvalue weighted by atomic mass is 10.0. The van der Waals surface area contributed by atoms with Crippen molar-refractivity contribution in [2.45, 2.75) is 32.7 Å². The molecule has 1 aromatic carbocycles. The molecule has 1 N–H and O–H groups in total. The molecule has 1 amide bonds. The Morgan fingerprint density at radius 2 is 2.07 bits per heavy atom. The van der Waals surface area contributed by atoms with E-state index in [0.29, 0.717) is 35.6 Å². The maximum atomic E-state index is 12.8. The predicted molar refractivity (Wildman–Crippen MR) is 109 cm³/mol. The summed E-state index contributed by atoms with van der Waals surface area (Å²) in [5, 5.41) is 12.0. The highest BCUT2D eigenvalue weighted by Gasteiger charge is 2.24. The number of pyridine rings is 1. The molecular formula is C21H23ClN4O3. The second kappa shape index (κ2) is 8.29. The van der Waals surface area contributed by atoms with E-state index in [1.807, 2.05) is 48.7 Å². The van der Waals surface area contributed by atoms with E-state index in [0.717, 1.165) is 17.6 Å². The van der Waals surface area contributed by atoms with Crippen molar-refractivity contribution in [3.05, 3.63) is 52.9 Å². The third-order valence-electron chi connectivity index (χ3n) is 4.83. The van der Waals surface area contributed by atoms with Crippen molar-refractivity contribution in [3.63, 3.8) is 0 Å². The molecule has 4 rings (SSSR count). The standard InChI is InChI=1S/C21H23ClN4O3/c1-13(2)19(21-25-24-17-6-3-4-7-26(17)21)23-18(27)12-14-10-15(22)20-16(11-14)28-8-5-9-29-20/h3-4,6-7,10-11,13,19H,5,8-9,12H2,1-2H3,(H,23,27)/t19-/m1/s1. The van der Waals surface area contributed by atoms with E-state index in [1.165, 1.54) is 0 Å². The summed E-state index contributed by atoms with van der Waals surface area (Å²) in [5.41, 5.74) is 1.52. The molecule has 8 heteroatoms. The van der Waals surface area contributed by atoms with Gasteiger partial charge in [-0.1, -0.05) is 31.5 Å². The van der Waals surface area contributed by atoms with Crippen LogP contribution in [0.3, 0.4) is 0 Å². The van der Waals surface area contributed by atoms with Crippen LogP contribution in [0.1, 0.15) is 37.7 Å². The van der Waals surface area contributed by atoms with Crippen molar-refractivity contribution >= 4 is 23.2 Å². The van der Waals surface area contributed by atoms with Crippen LogP contribution in [0.4, 0.5) is 0 Å². The molecule has 0 bridgehead atoms. The number of fused-ring (bicyclic) bond motifs is 2. The van der Waals surface area contributed by atoms with Crippen LogP contribution < -0.4 is 14.8 Å². The van der Waals surface area contributed by atoms with Gasteiger partial charge in [-0.15, -0.1) is 10.2 Å². The molecule has 0 aliphatic carbocycles. The van der Waals surface area contributed by atoms with Gasteiger partial charge in [0.25, 0.3) is 0 Å².